The van der Waals surface area contributed by atoms with Crippen LogP contribution in [-0.4, -0.2) is 41.4 Å². The van der Waals surface area contributed by atoms with Gasteiger partial charge in [0.2, 0.25) is 0 Å². The lowest BCUT2D eigenvalue weighted by molar-refractivity contribution is -0.135. The molecule has 162 valence electrons. The first kappa shape index (κ1) is 21.1. The molecule has 0 aromatic rings. The molecule has 1 unspecified atom stereocenters. The number of hydrogen-bond donors (Lipinski definition) is 2. The summed E-state index contributed by atoms with van der Waals surface area (Å²) in [7, 11) is 0. The first-order chi connectivity index (χ1) is 13.3. The minimum atomic E-state index is -0.332. The van der Waals surface area contributed by atoms with E-state index in [-0.39, 0.29) is 11.8 Å². The molecule has 0 bridgehead atoms. The summed E-state index contributed by atoms with van der Waals surface area (Å²) in [6.07, 6.45) is 11.1. The first-order valence-electron chi connectivity index (χ1n) is 12.4. The van der Waals surface area contributed by atoms with Crippen molar-refractivity contribution in [3.8, 4) is 0 Å². The topological polar surface area (TPSA) is 35.5 Å². The molecule has 0 aromatic carbocycles. The van der Waals surface area contributed by atoms with Crippen molar-refractivity contribution < 1.29 is 5.11 Å². The van der Waals surface area contributed by atoms with Gasteiger partial charge in [0.15, 0.2) is 0 Å². The summed E-state index contributed by atoms with van der Waals surface area (Å²) in [5, 5.41) is 13.5. The molecule has 2 saturated carbocycles. The molecule has 2 saturated heterocycles. The van der Waals surface area contributed by atoms with Gasteiger partial charge in [0, 0.05) is 18.6 Å². The van der Waals surface area contributed by atoms with E-state index in [0.29, 0.717) is 5.41 Å². The zero-order valence-corrected chi connectivity index (χ0v) is 19.2. The van der Waals surface area contributed by atoms with Crippen LogP contribution in [0, 0.1) is 40.9 Å². The van der Waals surface area contributed by atoms with Crippen molar-refractivity contribution in [2.75, 3.05) is 19.6 Å². The third-order valence-electron chi connectivity index (χ3n) is 9.98. The van der Waals surface area contributed by atoms with E-state index >= 15 is 0 Å². The zero-order valence-electron chi connectivity index (χ0n) is 19.2. The molecule has 4 rings (SSSR count). The summed E-state index contributed by atoms with van der Waals surface area (Å²) in [4.78, 5) is 2.62. The SMILES string of the molecule is CC(C)CCC[C@@H](C)[C@H]1CC[C@H]2[C@@H]3CCN4CC(O)NC[C@]4(C)[C@H]3CC[C@]12C. The van der Waals surface area contributed by atoms with Crippen molar-refractivity contribution in [1.29, 1.82) is 0 Å². The molecule has 2 aliphatic carbocycles. The van der Waals surface area contributed by atoms with Crippen LogP contribution in [0.3, 0.4) is 0 Å². The van der Waals surface area contributed by atoms with E-state index in [4.69, 9.17) is 0 Å². The van der Waals surface area contributed by atoms with Crippen LogP contribution in [0.1, 0.15) is 86.0 Å². The van der Waals surface area contributed by atoms with Gasteiger partial charge in [0.05, 0.1) is 0 Å². The molecule has 0 aromatic heterocycles. The molecule has 0 radical (unpaired) electrons. The Bertz CT molecular complexity index is 551. The second-order valence-corrected chi connectivity index (χ2v) is 11.9. The lowest BCUT2D eigenvalue weighted by Crippen LogP contribution is -2.71. The highest BCUT2D eigenvalue weighted by Gasteiger charge is 2.60. The Morgan fingerprint density at radius 2 is 1.82 bits per heavy atom. The molecule has 0 spiro atoms. The van der Waals surface area contributed by atoms with E-state index in [9.17, 15) is 5.11 Å². The number of aliphatic hydroxyl groups excluding tert-OH is 1. The Morgan fingerprint density at radius 3 is 2.57 bits per heavy atom. The van der Waals surface area contributed by atoms with Crippen molar-refractivity contribution >= 4 is 0 Å². The van der Waals surface area contributed by atoms with Crippen LogP contribution >= 0.6 is 0 Å². The van der Waals surface area contributed by atoms with Gasteiger partial charge in [-0.1, -0.05) is 47.0 Å². The van der Waals surface area contributed by atoms with E-state index in [1.807, 2.05) is 0 Å². The number of fused-ring (bicyclic) bond motifs is 5. The van der Waals surface area contributed by atoms with Crippen molar-refractivity contribution in [2.45, 2.75) is 97.8 Å². The maximum atomic E-state index is 10.1. The molecule has 4 aliphatic rings. The molecule has 8 atom stereocenters. The minimum absolute atomic E-state index is 0.254. The van der Waals surface area contributed by atoms with E-state index in [2.05, 4.69) is 44.8 Å². The molecular weight excluding hydrogens is 344 g/mol. The lowest BCUT2D eigenvalue weighted by Gasteiger charge is -2.62. The third kappa shape index (κ3) is 3.48. The van der Waals surface area contributed by atoms with Crippen LogP contribution in [0.4, 0.5) is 0 Å². The molecular formula is C25H46N2O. The van der Waals surface area contributed by atoms with Gasteiger partial charge >= 0.3 is 0 Å². The van der Waals surface area contributed by atoms with E-state index in [0.717, 1.165) is 48.6 Å². The summed E-state index contributed by atoms with van der Waals surface area (Å²) in [6, 6.07) is 0. The summed E-state index contributed by atoms with van der Waals surface area (Å²) in [6.45, 7) is 15.5. The highest BCUT2D eigenvalue weighted by atomic mass is 16.3. The van der Waals surface area contributed by atoms with Gasteiger partial charge in [-0.15, -0.1) is 0 Å². The molecule has 3 heteroatoms. The van der Waals surface area contributed by atoms with Crippen LogP contribution in [-0.2, 0) is 0 Å². The molecule has 4 fully saturated rings. The highest BCUT2D eigenvalue weighted by Crippen LogP contribution is 2.64. The lowest BCUT2D eigenvalue weighted by atomic mass is 9.51. The Balaban J connectivity index is 1.46. The number of nitrogens with one attached hydrogen (secondary N) is 1. The molecule has 2 aliphatic heterocycles. The number of rotatable bonds is 5. The summed E-state index contributed by atoms with van der Waals surface area (Å²) >= 11 is 0. The molecule has 28 heavy (non-hydrogen) atoms. The maximum absolute atomic E-state index is 10.1. The van der Waals surface area contributed by atoms with Gasteiger partial charge in [-0.2, -0.15) is 0 Å². The molecule has 2 heterocycles. The fourth-order valence-corrected chi connectivity index (χ4v) is 8.42. The minimum Gasteiger partial charge on any atom is -0.377 e. The average molecular weight is 391 g/mol. The monoisotopic (exact) mass is 390 g/mol. The normalized spacial score (nSPS) is 47.5. The van der Waals surface area contributed by atoms with E-state index in [1.54, 1.807) is 0 Å². The Morgan fingerprint density at radius 1 is 1.04 bits per heavy atom. The second kappa shape index (κ2) is 7.85. The van der Waals surface area contributed by atoms with Gasteiger partial charge in [0.1, 0.15) is 6.23 Å². The summed E-state index contributed by atoms with van der Waals surface area (Å²) in [5.74, 6) is 5.35. The first-order valence-corrected chi connectivity index (χ1v) is 12.4. The number of hydrogen-bond acceptors (Lipinski definition) is 3. The smallest absolute Gasteiger partial charge is 0.117 e. The Hall–Kier alpha value is -0.120. The van der Waals surface area contributed by atoms with Gasteiger partial charge in [-0.3, -0.25) is 10.2 Å². The summed E-state index contributed by atoms with van der Waals surface area (Å²) in [5.41, 5.74) is 0.836. The molecule has 3 nitrogen and oxygen atoms in total. The predicted molar refractivity (Wildman–Crippen MR) is 117 cm³/mol. The van der Waals surface area contributed by atoms with Crippen LogP contribution in [0.15, 0.2) is 0 Å². The highest BCUT2D eigenvalue weighted by molar-refractivity contribution is 5.12. The quantitative estimate of drug-likeness (QED) is 0.701. The fourth-order valence-electron chi connectivity index (χ4n) is 8.42. The standard InChI is InChI=1S/C25H46N2O/c1-17(2)7-6-8-18(3)20-9-10-21-19-12-14-27-15-23(28)26-16-25(27,5)22(19)11-13-24(20,21)4/h17-23,26,28H,6-16H2,1-5H3/t18-,19+,20-,21+,22+,23?,24-,25-/m1/s1. The largest absolute Gasteiger partial charge is 0.377 e. The van der Waals surface area contributed by atoms with Crippen molar-refractivity contribution in [3.63, 3.8) is 0 Å². The van der Waals surface area contributed by atoms with Gasteiger partial charge in [-0.25, -0.2) is 0 Å². The van der Waals surface area contributed by atoms with Crippen molar-refractivity contribution in [2.24, 2.45) is 40.9 Å². The molecule has 2 N–H and O–H groups in total. The number of nitrogens with zero attached hydrogens (tertiary/aromatic N) is 1. The summed E-state index contributed by atoms with van der Waals surface area (Å²) < 4.78 is 0. The van der Waals surface area contributed by atoms with E-state index < -0.39 is 0 Å². The number of aliphatic hydroxyl groups is 1. The molecule has 0 amide bonds. The van der Waals surface area contributed by atoms with Gasteiger partial charge in [0.25, 0.3) is 0 Å². The van der Waals surface area contributed by atoms with Crippen LogP contribution in [0.2, 0.25) is 0 Å². The van der Waals surface area contributed by atoms with Crippen LogP contribution in [0.25, 0.3) is 0 Å². The number of β-amino-alcohol motifs (C(OH)–C–C–N with tert-alkyl or cyclic N) is 1. The number of piperazine rings is 1. The second-order valence-electron chi connectivity index (χ2n) is 11.9. The van der Waals surface area contributed by atoms with Crippen molar-refractivity contribution in [1.82, 2.24) is 10.2 Å². The maximum Gasteiger partial charge on any atom is 0.117 e. The van der Waals surface area contributed by atoms with Crippen LogP contribution in [0.5, 0.6) is 0 Å². The van der Waals surface area contributed by atoms with Crippen molar-refractivity contribution in [3.05, 3.63) is 0 Å². The average Bonchev–Trinajstić information content (AvgIpc) is 2.99. The van der Waals surface area contributed by atoms with Crippen LogP contribution < -0.4 is 5.32 Å². The Labute approximate surface area is 174 Å². The Kier molecular flexibility index (Phi) is 5.92. The zero-order chi connectivity index (χ0) is 20.1. The van der Waals surface area contributed by atoms with Gasteiger partial charge in [-0.05, 0) is 86.5 Å². The van der Waals surface area contributed by atoms with E-state index in [1.165, 1.54) is 57.9 Å². The predicted octanol–water partition coefficient (Wildman–Crippen LogP) is 4.89. The van der Waals surface area contributed by atoms with Gasteiger partial charge < -0.3 is 5.11 Å². The fraction of sp³-hybridized carbons (Fsp3) is 1.00. The number of piperidine rings is 1. The third-order valence-corrected chi connectivity index (χ3v) is 9.98.